The van der Waals surface area contributed by atoms with E-state index in [1.807, 2.05) is 30.3 Å². The smallest absolute Gasteiger partial charge is 0.266 e. The molecule has 174 valence electrons. The number of amides is 1. The predicted molar refractivity (Wildman–Crippen MR) is 139 cm³/mol. The number of nitrogens with one attached hydrogen (secondary N) is 1. The second-order valence-corrected chi connectivity index (χ2v) is 10.5. The van der Waals surface area contributed by atoms with Gasteiger partial charge in [-0.15, -0.1) is 11.3 Å². The van der Waals surface area contributed by atoms with Crippen LogP contribution in [0.3, 0.4) is 0 Å². The van der Waals surface area contributed by atoms with Gasteiger partial charge in [0.05, 0.1) is 10.6 Å². The van der Waals surface area contributed by atoms with E-state index < -0.39 is 10.0 Å². The number of carbonyl (C=O) groups excluding carboxylic acids is 1. The molecular formula is C25H17ClN4O3S2. The third kappa shape index (κ3) is 4.88. The minimum absolute atomic E-state index is 0.0539. The second kappa shape index (κ2) is 9.46. The fraction of sp³-hybridized carbons (Fsp3) is 0. The van der Waals surface area contributed by atoms with Crippen LogP contribution in [0, 0.1) is 0 Å². The van der Waals surface area contributed by atoms with Crippen LogP contribution >= 0.6 is 22.9 Å². The molecule has 0 unspecified atom stereocenters. The molecule has 0 saturated heterocycles. The second-order valence-electron chi connectivity index (χ2n) is 7.46. The lowest BCUT2D eigenvalue weighted by atomic mass is 10.1. The van der Waals surface area contributed by atoms with Crippen LogP contribution in [-0.2, 0) is 14.8 Å². The summed E-state index contributed by atoms with van der Waals surface area (Å²) in [6, 6.07) is 22.5. The van der Waals surface area contributed by atoms with Crippen LogP contribution in [0.15, 0.2) is 106 Å². The van der Waals surface area contributed by atoms with Crippen LogP contribution in [0.25, 0.3) is 6.08 Å². The first-order valence-corrected chi connectivity index (χ1v) is 13.1. The molecule has 1 N–H and O–H groups in total. The summed E-state index contributed by atoms with van der Waals surface area (Å²) in [4.78, 5) is 23.5. The number of thiazole rings is 1. The van der Waals surface area contributed by atoms with Crippen molar-refractivity contribution in [2.75, 3.05) is 9.62 Å². The molecule has 0 spiro atoms. The average Bonchev–Trinajstić information content (AvgIpc) is 3.48. The van der Waals surface area contributed by atoms with Crippen molar-refractivity contribution in [3.05, 3.63) is 112 Å². The summed E-state index contributed by atoms with van der Waals surface area (Å²) >= 11 is 7.16. The minimum atomic E-state index is -3.82. The number of benzene rings is 3. The minimum Gasteiger partial charge on any atom is -0.266 e. The topological polar surface area (TPSA) is 91.7 Å². The number of hydrogen-bond acceptors (Lipinski definition) is 6. The van der Waals surface area contributed by atoms with Crippen LogP contribution < -0.4 is 9.62 Å². The number of amidine groups is 1. The van der Waals surface area contributed by atoms with Crippen molar-refractivity contribution in [3.8, 4) is 0 Å². The molecule has 4 aromatic rings. The van der Waals surface area contributed by atoms with Gasteiger partial charge in [-0.3, -0.25) is 14.4 Å². The van der Waals surface area contributed by atoms with E-state index in [1.165, 1.54) is 34.6 Å². The Morgan fingerprint density at radius 1 is 0.943 bits per heavy atom. The molecule has 35 heavy (non-hydrogen) atoms. The van der Waals surface area contributed by atoms with Gasteiger partial charge in [0.15, 0.2) is 5.13 Å². The number of aromatic nitrogens is 1. The highest BCUT2D eigenvalue weighted by Gasteiger charge is 2.32. The van der Waals surface area contributed by atoms with Gasteiger partial charge >= 0.3 is 0 Å². The standard InChI is InChI=1S/C25H17ClN4O3S2/c26-19-8-6-17(7-9-19)16-22-24(31)30(23(28-22)18-4-2-1-3-5-18)20-10-12-21(13-11-20)35(32,33)29-25-27-14-15-34-25/h1-16H,(H,27,29). The first-order chi connectivity index (χ1) is 16.9. The number of aliphatic imine (C=N–C) groups is 1. The molecule has 5 rings (SSSR count). The molecule has 0 saturated carbocycles. The summed E-state index contributed by atoms with van der Waals surface area (Å²) in [5, 5.41) is 2.55. The maximum absolute atomic E-state index is 13.4. The maximum atomic E-state index is 13.4. The van der Waals surface area contributed by atoms with Gasteiger partial charge < -0.3 is 0 Å². The van der Waals surface area contributed by atoms with Gasteiger partial charge in [-0.1, -0.05) is 54.1 Å². The molecule has 7 nitrogen and oxygen atoms in total. The van der Waals surface area contributed by atoms with Gasteiger partial charge in [-0.2, -0.15) is 0 Å². The normalized spacial score (nSPS) is 14.9. The zero-order chi connectivity index (χ0) is 24.4. The Hall–Kier alpha value is -3.79. The number of anilines is 2. The number of rotatable bonds is 6. The van der Waals surface area contributed by atoms with Crippen molar-refractivity contribution in [2.45, 2.75) is 4.90 Å². The largest absolute Gasteiger partial charge is 0.282 e. The van der Waals surface area contributed by atoms with E-state index in [0.29, 0.717) is 16.5 Å². The third-order valence-electron chi connectivity index (χ3n) is 5.12. The van der Waals surface area contributed by atoms with Gasteiger partial charge in [-0.25, -0.2) is 18.4 Å². The molecule has 0 aliphatic carbocycles. The fourth-order valence-electron chi connectivity index (χ4n) is 3.48. The molecule has 1 amide bonds. The van der Waals surface area contributed by atoms with E-state index in [9.17, 15) is 13.2 Å². The summed E-state index contributed by atoms with van der Waals surface area (Å²) in [6.45, 7) is 0. The fourth-order valence-corrected chi connectivity index (χ4v) is 5.39. The van der Waals surface area contributed by atoms with E-state index in [0.717, 1.165) is 11.1 Å². The Balaban J connectivity index is 1.50. The Morgan fingerprint density at radius 2 is 1.66 bits per heavy atom. The van der Waals surface area contributed by atoms with Crippen LogP contribution in [0.4, 0.5) is 10.8 Å². The van der Waals surface area contributed by atoms with Gasteiger partial charge in [0.25, 0.3) is 15.9 Å². The molecule has 1 aliphatic rings. The van der Waals surface area contributed by atoms with E-state index in [4.69, 9.17) is 11.6 Å². The van der Waals surface area contributed by atoms with Crippen molar-refractivity contribution in [1.82, 2.24) is 4.98 Å². The van der Waals surface area contributed by atoms with Crippen molar-refractivity contribution in [1.29, 1.82) is 0 Å². The molecule has 0 bridgehead atoms. The lowest BCUT2D eigenvalue weighted by Gasteiger charge is -2.19. The zero-order valence-electron chi connectivity index (χ0n) is 18.0. The summed E-state index contributed by atoms with van der Waals surface area (Å²) in [5.74, 6) is 0.127. The zero-order valence-corrected chi connectivity index (χ0v) is 20.4. The summed E-state index contributed by atoms with van der Waals surface area (Å²) in [5.41, 5.74) is 2.28. The predicted octanol–water partition coefficient (Wildman–Crippen LogP) is 5.43. The van der Waals surface area contributed by atoms with Crippen LogP contribution in [0.5, 0.6) is 0 Å². The molecule has 3 aromatic carbocycles. The van der Waals surface area contributed by atoms with Crippen LogP contribution in [-0.4, -0.2) is 25.1 Å². The molecule has 0 fully saturated rings. The quantitative estimate of drug-likeness (QED) is 0.343. The summed E-state index contributed by atoms with van der Waals surface area (Å²) < 4.78 is 27.8. The molecule has 0 radical (unpaired) electrons. The van der Waals surface area contributed by atoms with Crippen molar-refractivity contribution in [2.24, 2.45) is 4.99 Å². The van der Waals surface area contributed by atoms with Gasteiger partial charge in [0.1, 0.15) is 11.5 Å². The van der Waals surface area contributed by atoms with Gasteiger partial charge in [0, 0.05) is 22.2 Å². The Kier molecular flexibility index (Phi) is 6.21. The first kappa shape index (κ1) is 23.0. The van der Waals surface area contributed by atoms with Crippen molar-refractivity contribution < 1.29 is 13.2 Å². The highest BCUT2D eigenvalue weighted by Crippen LogP contribution is 2.29. The number of nitrogens with zero attached hydrogens (tertiary/aromatic N) is 3. The van der Waals surface area contributed by atoms with Crippen molar-refractivity contribution >= 4 is 61.6 Å². The maximum Gasteiger partial charge on any atom is 0.282 e. The van der Waals surface area contributed by atoms with Crippen molar-refractivity contribution in [3.63, 3.8) is 0 Å². The van der Waals surface area contributed by atoms with Crippen LogP contribution in [0.2, 0.25) is 5.02 Å². The average molecular weight is 521 g/mol. The van der Waals surface area contributed by atoms with E-state index in [2.05, 4.69) is 14.7 Å². The molecular weight excluding hydrogens is 504 g/mol. The highest BCUT2D eigenvalue weighted by molar-refractivity contribution is 7.93. The van der Waals surface area contributed by atoms with E-state index in [-0.39, 0.29) is 21.6 Å². The summed E-state index contributed by atoms with van der Waals surface area (Å²) in [7, 11) is -3.82. The Bertz CT molecular complexity index is 1530. The SMILES string of the molecule is O=C1C(=Cc2ccc(Cl)cc2)N=C(c2ccccc2)N1c1ccc(S(=O)(=O)Nc2nccs2)cc1. The van der Waals surface area contributed by atoms with Gasteiger partial charge in [0.2, 0.25) is 0 Å². The molecule has 1 aromatic heterocycles. The molecule has 1 aliphatic heterocycles. The first-order valence-electron chi connectivity index (χ1n) is 10.4. The van der Waals surface area contributed by atoms with Gasteiger partial charge in [-0.05, 0) is 48.0 Å². The van der Waals surface area contributed by atoms with E-state index in [1.54, 1.807) is 47.9 Å². The molecule has 0 atom stereocenters. The molecule has 10 heteroatoms. The monoisotopic (exact) mass is 520 g/mol. The lowest BCUT2D eigenvalue weighted by Crippen LogP contribution is -2.32. The van der Waals surface area contributed by atoms with E-state index >= 15 is 0 Å². The number of sulfonamides is 1. The Morgan fingerprint density at radius 3 is 2.31 bits per heavy atom. The molecule has 2 heterocycles. The lowest BCUT2D eigenvalue weighted by molar-refractivity contribution is -0.113. The number of hydrogen-bond donors (Lipinski definition) is 1. The Labute approximate surface area is 211 Å². The summed E-state index contributed by atoms with van der Waals surface area (Å²) in [6.07, 6.45) is 3.21. The number of halogens is 1. The van der Waals surface area contributed by atoms with Crippen LogP contribution in [0.1, 0.15) is 11.1 Å². The number of carbonyl (C=O) groups is 1. The third-order valence-corrected chi connectivity index (χ3v) is 7.55. The highest BCUT2D eigenvalue weighted by atomic mass is 35.5.